The van der Waals surface area contributed by atoms with Crippen LogP contribution in [0.25, 0.3) is 0 Å². The quantitative estimate of drug-likeness (QED) is 0.663. The van der Waals surface area contributed by atoms with Gasteiger partial charge in [0.05, 0.1) is 5.60 Å². The maximum atomic E-state index is 11.4. The number of nitrogens with one attached hydrogen (secondary N) is 2. The van der Waals surface area contributed by atoms with Crippen LogP contribution in [0.15, 0.2) is 0 Å². The molecule has 1 rings (SSSR count). The molecule has 4 heteroatoms. The number of hydroxylamine groups is 1. The Hall–Kier alpha value is -0.610. The first-order valence-electron chi connectivity index (χ1n) is 5.15. The fourth-order valence-corrected chi connectivity index (χ4v) is 1.40. The second-order valence-corrected chi connectivity index (χ2v) is 4.80. The van der Waals surface area contributed by atoms with E-state index in [9.17, 15) is 4.79 Å². The lowest BCUT2D eigenvalue weighted by Gasteiger charge is -2.19. The summed E-state index contributed by atoms with van der Waals surface area (Å²) in [7, 11) is 0. The van der Waals surface area contributed by atoms with Gasteiger partial charge in [-0.3, -0.25) is 9.63 Å². The molecule has 1 aliphatic rings. The first-order chi connectivity index (χ1) is 6.47. The zero-order valence-electron chi connectivity index (χ0n) is 9.22. The fourth-order valence-electron chi connectivity index (χ4n) is 1.40. The van der Waals surface area contributed by atoms with Gasteiger partial charge >= 0.3 is 0 Å². The standard InChI is InChI=1S/C10H20N2O2/c1-10(2,3)14-12-9(13)6-8-4-5-11-7-8/h8,11H,4-7H2,1-3H3,(H,12,13). The Morgan fingerprint density at radius 1 is 1.57 bits per heavy atom. The summed E-state index contributed by atoms with van der Waals surface area (Å²) in [6, 6.07) is 0. The average molecular weight is 200 g/mol. The Morgan fingerprint density at radius 2 is 2.29 bits per heavy atom. The molecule has 1 amide bonds. The molecule has 0 spiro atoms. The highest BCUT2D eigenvalue weighted by atomic mass is 16.7. The molecule has 14 heavy (non-hydrogen) atoms. The minimum absolute atomic E-state index is 0.0198. The van der Waals surface area contributed by atoms with Crippen molar-refractivity contribution in [2.24, 2.45) is 5.92 Å². The minimum atomic E-state index is -0.316. The molecule has 0 aliphatic carbocycles. The summed E-state index contributed by atoms with van der Waals surface area (Å²) >= 11 is 0. The minimum Gasteiger partial charge on any atom is -0.316 e. The third kappa shape index (κ3) is 4.58. The molecule has 1 saturated heterocycles. The van der Waals surface area contributed by atoms with Gasteiger partial charge in [0.25, 0.3) is 0 Å². The van der Waals surface area contributed by atoms with Crippen LogP contribution in [-0.2, 0) is 9.63 Å². The average Bonchev–Trinajstić information content (AvgIpc) is 2.52. The van der Waals surface area contributed by atoms with Gasteiger partial charge in [0.1, 0.15) is 0 Å². The first kappa shape index (κ1) is 11.5. The number of rotatable bonds is 3. The van der Waals surface area contributed by atoms with Crippen LogP contribution in [0.3, 0.4) is 0 Å². The summed E-state index contributed by atoms with van der Waals surface area (Å²) < 4.78 is 0. The van der Waals surface area contributed by atoms with Crippen LogP contribution in [0.4, 0.5) is 0 Å². The molecule has 1 heterocycles. The molecule has 82 valence electrons. The SMILES string of the molecule is CC(C)(C)ONC(=O)CC1CCNC1. The van der Waals surface area contributed by atoms with Gasteiger partial charge in [0.15, 0.2) is 0 Å². The highest BCUT2D eigenvalue weighted by Crippen LogP contribution is 2.12. The van der Waals surface area contributed by atoms with Crippen molar-refractivity contribution in [2.45, 2.75) is 39.2 Å². The van der Waals surface area contributed by atoms with Crippen molar-refractivity contribution in [3.05, 3.63) is 0 Å². The predicted molar refractivity (Wildman–Crippen MR) is 54.6 cm³/mol. The van der Waals surface area contributed by atoms with Gasteiger partial charge in [-0.1, -0.05) is 0 Å². The number of carbonyl (C=O) groups is 1. The van der Waals surface area contributed by atoms with Gasteiger partial charge < -0.3 is 5.32 Å². The monoisotopic (exact) mass is 200 g/mol. The van der Waals surface area contributed by atoms with Crippen molar-refractivity contribution in [1.29, 1.82) is 0 Å². The van der Waals surface area contributed by atoms with Crippen LogP contribution in [0, 0.1) is 5.92 Å². The largest absolute Gasteiger partial charge is 0.316 e. The molecule has 0 saturated carbocycles. The molecule has 1 unspecified atom stereocenters. The molecule has 2 N–H and O–H groups in total. The van der Waals surface area contributed by atoms with Gasteiger partial charge in [-0.15, -0.1) is 0 Å². The van der Waals surface area contributed by atoms with Crippen LogP contribution in [0.1, 0.15) is 33.6 Å². The van der Waals surface area contributed by atoms with Crippen LogP contribution in [0.5, 0.6) is 0 Å². The molecule has 1 fully saturated rings. The predicted octanol–water partition coefficient (Wildman–Crippen LogP) is 0.832. The zero-order chi connectivity index (χ0) is 10.6. The summed E-state index contributed by atoms with van der Waals surface area (Å²) in [6.07, 6.45) is 1.64. The van der Waals surface area contributed by atoms with Crippen molar-refractivity contribution in [2.75, 3.05) is 13.1 Å². The maximum absolute atomic E-state index is 11.4. The zero-order valence-corrected chi connectivity index (χ0v) is 9.22. The van der Waals surface area contributed by atoms with E-state index in [0.29, 0.717) is 12.3 Å². The highest BCUT2D eigenvalue weighted by Gasteiger charge is 2.19. The third-order valence-corrected chi connectivity index (χ3v) is 2.11. The Bertz CT molecular complexity index is 193. The normalized spacial score (nSPS) is 22.4. The second-order valence-electron chi connectivity index (χ2n) is 4.80. The fraction of sp³-hybridized carbons (Fsp3) is 0.900. The molecule has 0 bridgehead atoms. The molecule has 0 aromatic heterocycles. The van der Waals surface area contributed by atoms with Crippen LogP contribution >= 0.6 is 0 Å². The van der Waals surface area contributed by atoms with E-state index in [0.717, 1.165) is 19.5 Å². The Labute approximate surface area is 85.3 Å². The number of hydrogen-bond acceptors (Lipinski definition) is 3. The summed E-state index contributed by atoms with van der Waals surface area (Å²) in [6.45, 7) is 7.69. The topological polar surface area (TPSA) is 50.4 Å². The Morgan fingerprint density at radius 3 is 2.79 bits per heavy atom. The van der Waals surface area contributed by atoms with E-state index in [4.69, 9.17) is 4.84 Å². The third-order valence-electron chi connectivity index (χ3n) is 2.11. The van der Waals surface area contributed by atoms with E-state index in [1.165, 1.54) is 0 Å². The molecular formula is C10H20N2O2. The maximum Gasteiger partial charge on any atom is 0.243 e. The summed E-state index contributed by atoms with van der Waals surface area (Å²) in [5.41, 5.74) is 2.17. The van der Waals surface area contributed by atoms with E-state index in [1.807, 2.05) is 20.8 Å². The summed E-state index contributed by atoms with van der Waals surface area (Å²) in [5.74, 6) is 0.451. The van der Waals surface area contributed by atoms with Crippen molar-refractivity contribution >= 4 is 5.91 Å². The number of amides is 1. The first-order valence-corrected chi connectivity index (χ1v) is 5.15. The van der Waals surface area contributed by atoms with Crippen molar-refractivity contribution in [3.63, 3.8) is 0 Å². The van der Waals surface area contributed by atoms with Crippen LogP contribution in [0.2, 0.25) is 0 Å². The van der Waals surface area contributed by atoms with Gasteiger partial charge in [-0.25, -0.2) is 5.48 Å². The highest BCUT2D eigenvalue weighted by molar-refractivity contribution is 5.75. The molecule has 0 aromatic carbocycles. The molecule has 4 nitrogen and oxygen atoms in total. The summed E-state index contributed by atoms with van der Waals surface area (Å²) in [4.78, 5) is 16.6. The van der Waals surface area contributed by atoms with E-state index >= 15 is 0 Å². The smallest absolute Gasteiger partial charge is 0.243 e. The van der Waals surface area contributed by atoms with E-state index in [1.54, 1.807) is 0 Å². The van der Waals surface area contributed by atoms with Crippen LogP contribution < -0.4 is 10.8 Å². The van der Waals surface area contributed by atoms with Crippen molar-refractivity contribution < 1.29 is 9.63 Å². The van der Waals surface area contributed by atoms with E-state index < -0.39 is 0 Å². The molecule has 1 atom stereocenters. The number of carbonyl (C=O) groups excluding carboxylic acids is 1. The van der Waals surface area contributed by atoms with Gasteiger partial charge in [-0.05, 0) is 46.2 Å². The lowest BCUT2D eigenvalue weighted by Crippen LogP contribution is -2.34. The Kier molecular flexibility index (Phi) is 3.89. The molecule has 1 aliphatic heterocycles. The van der Waals surface area contributed by atoms with Crippen molar-refractivity contribution in [3.8, 4) is 0 Å². The van der Waals surface area contributed by atoms with Gasteiger partial charge in [-0.2, -0.15) is 0 Å². The summed E-state index contributed by atoms with van der Waals surface area (Å²) in [5, 5.41) is 3.23. The van der Waals surface area contributed by atoms with E-state index in [-0.39, 0.29) is 11.5 Å². The Balaban J connectivity index is 2.15. The van der Waals surface area contributed by atoms with Crippen molar-refractivity contribution in [1.82, 2.24) is 10.8 Å². The molecular weight excluding hydrogens is 180 g/mol. The van der Waals surface area contributed by atoms with E-state index in [2.05, 4.69) is 10.8 Å². The second kappa shape index (κ2) is 4.75. The molecule has 0 radical (unpaired) electrons. The van der Waals surface area contributed by atoms with Gasteiger partial charge in [0, 0.05) is 6.42 Å². The number of hydrogen-bond donors (Lipinski definition) is 2. The van der Waals surface area contributed by atoms with Crippen LogP contribution in [-0.4, -0.2) is 24.6 Å². The lowest BCUT2D eigenvalue weighted by atomic mass is 10.1. The van der Waals surface area contributed by atoms with Gasteiger partial charge in [0.2, 0.25) is 5.91 Å². The molecule has 0 aromatic rings. The lowest BCUT2D eigenvalue weighted by molar-refractivity contribution is -0.146.